The Morgan fingerprint density at radius 1 is 1.53 bits per heavy atom. The first-order valence-corrected chi connectivity index (χ1v) is 6.03. The number of rotatable bonds is 6. The van der Waals surface area contributed by atoms with Crippen LogP contribution in [0, 0.1) is 0 Å². The molecule has 0 aliphatic heterocycles. The Kier molecular flexibility index (Phi) is 5.41. The number of methoxy groups -OCH3 is 1. The van der Waals surface area contributed by atoms with Crippen LogP contribution in [0.25, 0.3) is 0 Å². The summed E-state index contributed by atoms with van der Waals surface area (Å²) >= 11 is 1.15. The topological polar surface area (TPSA) is 80.3 Å². The van der Waals surface area contributed by atoms with Gasteiger partial charge in [0.25, 0.3) is 0 Å². The number of ether oxygens (including phenoxy) is 1. The first-order chi connectivity index (χ1) is 8.17. The summed E-state index contributed by atoms with van der Waals surface area (Å²) in [5.74, 6) is -0.521. The second-order valence-electron chi connectivity index (χ2n) is 3.22. The molecule has 0 saturated heterocycles. The first-order valence-electron chi connectivity index (χ1n) is 5.22. The Balaban J connectivity index is 2.39. The lowest BCUT2D eigenvalue weighted by molar-refractivity contribution is -0.119. The highest BCUT2D eigenvalue weighted by atomic mass is 32.1. The molecule has 0 aromatic carbocycles. The summed E-state index contributed by atoms with van der Waals surface area (Å²) in [6.07, 6.45) is 2.32. The summed E-state index contributed by atoms with van der Waals surface area (Å²) in [5, 5.41) is 6.09. The molecule has 7 heteroatoms. The third-order valence-electron chi connectivity index (χ3n) is 1.86. The molecule has 6 nitrogen and oxygen atoms in total. The summed E-state index contributed by atoms with van der Waals surface area (Å²) < 4.78 is 4.55. The molecule has 0 unspecified atom stereocenters. The van der Waals surface area contributed by atoms with Crippen molar-refractivity contribution in [3.63, 3.8) is 0 Å². The fourth-order valence-corrected chi connectivity index (χ4v) is 1.76. The van der Waals surface area contributed by atoms with Crippen LogP contribution in [0.4, 0.5) is 5.13 Å². The van der Waals surface area contributed by atoms with Gasteiger partial charge in [-0.05, 0) is 6.42 Å². The lowest BCUT2D eigenvalue weighted by atomic mass is 10.4. The Labute approximate surface area is 103 Å². The molecule has 0 saturated carbocycles. The first kappa shape index (κ1) is 13.4. The van der Waals surface area contributed by atoms with E-state index in [9.17, 15) is 9.59 Å². The zero-order valence-electron chi connectivity index (χ0n) is 9.78. The lowest BCUT2D eigenvalue weighted by Crippen LogP contribution is -2.30. The monoisotopic (exact) mass is 257 g/mol. The molecule has 1 aromatic heterocycles. The molecule has 0 aliphatic carbocycles. The Morgan fingerprint density at radius 2 is 2.29 bits per heavy atom. The molecule has 94 valence electrons. The molecule has 1 heterocycles. The molecule has 1 rings (SSSR count). The van der Waals surface area contributed by atoms with Gasteiger partial charge in [-0.2, -0.15) is 0 Å². The third kappa shape index (κ3) is 4.39. The lowest BCUT2D eigenvalue weighted by Gasteiger charge is -2.03. The van der Waals surface area contributed by atoms with E-state index in [1.807, 2.05) is 6.92 Å². The number of nitrogens with one attached hydrogen (secondary N) is 2. The van der Waals surface area contributed by atoms with Crippen molar-refractivity contribution < 1.29 is 14.3 Å². The van der Waals surface area contributed by atoms with Gasteiger partial charge < -0.3 is 15.4 Å². The maximum atomic E-state index is 11.3. The molecule has 2 N–H and O–H groups in total. The number of thiazole rings is 1. The number of nitrogens with zero attached hydrogens (tertiary/aromatic N) is 1. The minimum Gasteiger partial charge on any atom is -0.465 e. The minimum atomic E-state index is -0.425. The highest BCUT2D eigenvalue weighted by molar-refractivity contribution is 7.17. The molecule has 1 aromatic rings. The number of anilines is 1. The largest absolute Gasteiger partial charge is 0.465 e. The van der Waals surface area contributed by atoms with E-state index in [1.165, 1.54) is 13.3 Å². The standard InChI is InChI=1S/C10H15N3O3S/c1-3-4-11-8(14)6-13-10-12-5-7(17-10)9(15)16-2/h5H,3-4,6H2,1-2H3,(H,11,14)(H,12,13). The fourth-order valence-electron chi connectivity index (χ4n) is 1.03. The van der Waals surface area contributed by atoms with Crippen LogP contribution in [0.15, 0.2) is 6.20 Å². The number of hydrogen-bond acceptors (Lipinski definition) is 6. The zero-order chi connectivity index (χ0) is 12.7. The molecular weight excluding hydrogens is 242 g/mol. The van der Waals surface area contributed by atoms with Crippen molar-refractivity contribution >= 4 is 28.3 Å². The Morgan fingerprint density at radius 3 is 2.94 bits per heavy atom. The third-order valence-corrected chi connectivity index (χ3v) is 2.80. The average molecular weight is 257 g/mol. The van der Waals surface area contributed by atoms with Crippen LogP contribution in [0.5, 0.6) is 0 Å². The molecule has 0 aliphatic rings. The van der Waals surface area contributed by atoms with Crippen LogP contribution in [0.1, 0.15) is 23.0 Å². The van der Waals surface area contributed by atoms with Crippen LogP contribution < -0.4 is 10.6 Å². The van der Waals surface area contributed by atoms with Crippen LogP contribution in [-0.2, 0) is 9.53 Å². The molecule has 17 heavy (non-hydrogen) atoms. The average Bonchev–Trinajstić information content (AvgIpc) is 2.81. The van der Waals surface area contributed by atoms with Crippen molar-refractivity contribution in [3.8, 4) is 0 Å². The van der Waals surface area contributed by atoms with Gasteiger partial charge in [0.05, 0.1) is 19.9 Å². The summed E-state index contributed by atoms with van der Waals surface area (Å²) in [6.45, 7) is 2.79. The highest BCUT2D eigenvalue weighted by Gasteiger charge is 2.10. The molecule has 0 radical (unpaired) electrons. The van der Waals surface area contributed by atoms with E-state index in [2.05, 4.69) is 20.4 Å². The van der Waals surface area contributed by atoms with Crippen molar-refractivity contribution in [1.82, 2.24) is 10.3 Å². The second-order valence-corrected chi connectivity index (χ2v) is 4.26. The Bertz CT molecular complexity index is 392. The predicted octanol–water partition coefficient (Wildman–Crippen LogP) is 0.868. The maximum absolute atomic E-state index is 11.3. The number of carbonyl (C=O) groups excluding carboxylic acids is 2. The van der Waals surface area contributed by atoms with E-state index in [0.29, 0.717) is 16.6 Å². The molecule has 0 bridgehead atoms. The van der Waals surface area contributed by atoms with Gasteiger partial charge in [0.15, 0.2) is 5.13 Å². The van der Waals surface area contributed by atoms with E-state index < -0.39 is 5.97 Å². The van der Waals surface area contributed by atoms with Gasteiger partial charge in [0.1, 0.15) is 4.88 Å². The van der Waals surface area contributed by atoms with Gasteiger partial charge in [-0.1, -0.05) is 18.3 Å². The van der Waals surface area contributed by atoms with Crippen molar-refractivity contribution in [2.75, 3.05) is 25.5 Å². The molecule has 0 atom stereocenters. The fraction of sp³-hybridized carbons (Fsp3) is 0.500. The van der Waals surface area contributed by atoms with Crippen molar-refractivity contribution in [2.24, 2.45) is 0 Å². The van der Waals surface area contributed by atoms with Gasteiger partial charge in [0, 0.05) is 6.54 Å². The number of amides is 1. The molecule has 0 fully saturated rings. The predicted molar refractivity (Wildman–Crippen MR) is 65.2 cm³/mol. The van der Waals surface area contributed by atoms with Gasteiger partial charge in [0.2, 0.25) is 5.91 Å². The SMILES string of the molecule is CCCNC(=O)CNc1ncc(C(=O)OC)s1. The Hall–Kier alpha value is -1.63. The van der Waals surface area contributed by atoms with Crippen molar-refractivity contribution in [3.05, 3.63) is 11.1 Å². The van der Waals surface area contributed by atoms with Gasteiger partial charge in [-0.15, -0.1) is 0 Å². The zero-order valence-corrected chi connectivity index (χ0v) is 10.6. The van der Waals surface area contributed by atoms with Crippen molar-refractivity contribution in [2.45, 2.75) is 13.3 Å². The van der Waals surface area contributed by atoms with Gasteiger partial charge in [-0.25, -0.2) is 9.78 Å². The van der Waals surface area contributed by atoms with E-state index in [1.54, 1.807) is 0 Å². The number of esters is 1. The summed E-state index contributed by atoms with van der Waals surface area (Å²) in [4.78, 5) is 26.8. The summed E-state index contributed by atoms with van der Waals surface area (Å²) in [6, 6.07) is 0. The normalized spacial score (nSPS) is 9.76. The van der Waals surface area contributed by atoms with Crippen LogP contribution in [-0.4, -0.2) is 37.1 Å². The second kappa shape index (κ2) is 6.85. The van der Waals surface area contributed by atoms with E-state index >= 15 is 0 Å². The summed E-state index contributed by atoms with van der Waals surface area (Å²) in [7, 11) is 1.31. The maximum Gasteiger partial charge on any atom is 0.349 e. The summed E-state index contributed by atoms with van der Waals surface area (Å²) in [5.41, 5.74) is 0. The quantitative estimate of drug-likeness (QED) is 0.739. The van der Waals surface area contributed by atoms with Crippen molar-refractivity contribution in [1.29, 1.82) is 0 Å². The van der Waals surface area contributed by atoms with E-state index in [4.69, 9.17) is 0 Å². The molecule has 0 spiro atoms. The smallest absolute Gasteiger partial charge is 0.349 e. The minimum absolute atomic E-state index is 0.0957. The number of carbonyl (C=O) groups is 2. The van der Waals surface area contributed by atoms with E-state index in [-0.39, 0.29) is 12.5 Å². The van der Waals surface area contributed by atoms with Crippen LogP contribution >= 0.6 is 11.3 Å². The van der Waals surface area contributed by atoms with Gasteiger partial charge in [-0.3, -0.25) is 4.79 Å². The number of aromatic nitrogens is 1. The highest BCUT2D eigenvalue weighted by Crippen LogP contribution is 2.18. The van der Waals surface area contributed by atoms with Crippen LogP contribution in [0.2, 0.25) is 0 Å². The van der Waals surface area contributed by atoms with Gasteiger partial charge >= 0.3 is 5.97 Å². The van der Waals surface area contributed by atoms with Crippen LogP contribution in [0.3, 0.4) is 0 Å². The number of hydrogen-bond donors (Lipinski definition) is 2. The molecule has 1 amide bonds. The van der Waals surface area contributed by atoms with E-state index in [0.717, 1.165) is 17.8 Å². The molecular formula is C10H15N3O3S.